The normalized spacial score (nSPS) is 18.6. The zero-order valence-electron chi connectivity index (χ0n) is 20.3. The van der Waals surface area contributed by atoms with Crippen molar-refractivity contribution >= 4 is 28.4 Å². The van der Waals surface area contributed by atoms with Gasteiger partial charge in [0.15, 0.2) is 11.5 Å². The Morgan fingerprint density at radius 2 is 1.89 bits per heavy atom. The molecule has 3 aliphatic rings. The van der Waals surface area contributed by atoms with Crippen molar-refractivity contribution in [2.45, 2.75) is 13.3 Å². The first-order valence-corrected chi connectivity index (χ1v) is 12.5. The number of amides is 2. The maximum absolute atomic E-state index is 13.5. The van der Waals surface area contributed by atoms with Gasteiger partial charge in [0.1, 0.15) is 11.1 Å². The van der Waals surface area contributed by atoms with E-state index in [2.05, 4.69) is 15.5 Å². The maximum atomic E-state index is 13.5. The van der Waals surface area contributed by atoms with Crippen molar-refractivity contribution in [3.05, 3.63) is 58.4 Å². The Kier molecular flexibility index (Phi) is 5.64. The molecule has 0 radical (unpaired) electrons. The summed E-state index contributed by atoms with van der Waals surface area (Å²) in [4.78, 5) is 42.5. The average molecular weight is 488 g/mol. The highest BCUT2D eigenvalue weighted by Crippen LogP contribution is 2.45. The number of nitrogens with one attached hydrogen (secondary N) is 2. The molecule has 2 fully saturated rings. The van der Waals surface area contributed by atoms with Crippen LogP contribution in [-0.2, 0) is 4.79 Å². The number of rotatable bonds is 4. The fraction of sp³-hybridized carbons (Fsp3) is 0.370. The van der Waals surface area contributed by atoms with E-state index < -0.39 is 0 Å². The molecular formula is C27H29N5O4. The van der Waals surface area contributed by atoms with Crippen LogP contribution < -0.4 is 25.7 Å². The lowest BCUT2D eigenvalue weighted by atomic mass is 10.1. The van der Waals surface area contributed by atoms with E-state index in [9.17, 15) is 14.4 Å². The molecule has 2 saturated heterocycles. The highest BCUT2D eigenvalue weighted by atomic mass is 16.5. The fourth-order valence-corrected chi connectivity index (χ4v) is 5.42. The third kappa shape index (κ3) is 3.80. The van der Waals surface area contributed by atoms with Gasteiger partial charge >= 0.3 is 0 Å². The van der Waals surface area contributed by atoms with E-state index in [1.807, 2.05) is 39.8 Å². The van der Waals surface area contributed by atoms with Gasteiger partial charge < -0.3 is 29.7 Å². The van der Waals surface area contributed by atoms with E-state index in [1.165, 1.54) is 0 Å². The predicted molar refractivity (Wildman–Crippen MR) is 137 cm³/mol. The number of carbonyl (C=O) groups excluding carboxylic acids is 2. The van der Waals surface area contributed by atoms with Gasteiger partial charge in [-0.25, -0.2) is 0 Å². The van der Waals surface area contributed by atoms with Crippen molar-refractivity contribution in [2.24, 2.45) is 5.92 Å². The largest absolute Gasteiger partial charge is 0.451 e. The molecule has 1 atom stereocenters. The Bertz CT molecular complexity index is 1420. The molecule has 0 bridgehead atoms. The summed E-state index contributed by atoms with van der Waals surface area (Å²) in [5.41, 5.74) is 2.13. The first kappa shape index (κ1) is 22.6. The minimum atomic E-state index is -0.354. The average Bonchev–Trinajstić information content (AvgIpc) is 3.42. The molecule has 0 aliphatic carbocycles. The van der Waals surface area contributed by atoms with Gasteiger partial charge in [-0.1, -0.05) is 12.1 Å². The fourth-order valence-electron chi connectivity index (χ4n) is 5.42. The van der Waals surface area contributed by atoms with Gasteiger partial charge in [0.2, 0.25) is 11.3 Å². The SMILES string of the molecule is CC(=O)N1CCN(c2ccc3c(=O)c(C(=O)NCC4CCNC4)cn4c3c2Oc2ccccc2-4)CC1. The molecule has 0 saturated carbocycles. The lowest BCUT2D eigenvalue weighted by molar-refractivity contribution is -0.129. The van der Waals surface area contributed by atoms with E-state index in [-0.39, 0.29) is 22.8 Å². The lowest BCUT2D eigenvalue weighted by Gasteiger charge is -2.37. The molecule has 36 heavy (non-hydrogen) atoms. The highest BCUT2D eigenvalue weighted by molar-refractivity contribution is 6.01. The first-order valence-electron chi connectivity index (χ1n) is 12.5. The van der Waals surface area contributed by atoms with Crippen LogP contribution in [0.2, 0.25) is 0 Å². The minimum absolute atomic E-state index is 0.0727. The molecular weight excluding hydrogens is 458 g/mol. The van der Waals surface area contributed by atoms with Crippen LogP contribution >= 0.6 is 0 Å². The number of fused-ring (bicyclic) bond motifs is 2. The number of nitrogens with zero attached hydrogens (tertiary/aromatic N) is 3. The van der Waals surface area contributed by atoms with Gasteiger partial charge in [-0.3, -0.25) is 14.4 Å². The van der Waals surface area contributed by atoms with Gasteiger partial charge in [0.25, 0.3) is 5.91 Å². The Hall–Kier alpha value is -3.85. The second-order valence-electron chi connectivity index (χ2n) is 9.68. The summed E-state index contributed by atoms with van der Waals surface area (Å²) in [6.45, 7) is 6.56. The van der Waals surface area contributed by atoms with Crippen LogP contribution in [0.1, 0.15) is 23.7 Å². The van der Waals surface area contributed by atoms with Crippen LogP contribution in [-0.4, -0.2) is 67.1 Å². The second-order valence-corrected chi connectivity index (χ2v) is 9.68. The number of ether oxygens (including phenoxy) is 1. The van der Waals surface area contributed by atoms with E-state index in [1.54, 1.807) is 19.2 Å². The number of hydrogen-bond donors (Lipinski definition) is 2. The number of piperazine rings is 1. The molecule has 9 heteroatoms. The summed E-state index contributed by atoms with van der Waals surface area (Å²) in [7, 11) is 0. The number of aromatic nitrogens is 1. The standard InChI is InChI=1S/C27H29N5O4/c1-17(33)30-10-12-31(13-11-30)22-7-6-19-24-26(22)36-23-5-3-2-4-21(23)32(24)16-20(25(19)34)27(35)29-15-18-8-9-28-14-18/h2-7,16,18,28H,8-15H2,1H3,(H,29,35). The van der Waals surface area contributed by atoms with Crippen LogP contribution in [0, 0.1) is 5.92 Å². The number of carbonyl (C=O) groups is 2. The van der Waals surface area contributed by atoms with Crippen molar-refractivity contribution in [3.63, 3.8) is 0 Å². The predicted octanol–water partition coefficient (Wildman–Crippen LogP) is 2.10. The smallest absolute Gasteiger partial charge is 0.256 e. The van der Waals surface area contributed by atoms with Crippen LogP contribution in [0.5, 0.6) is 11.5 Å². The molecule has 1 unspecified atom stereocenters. The lowest BCUT2D eigenvalue weighted by Crippen LogP contribution is -2.48. The molecule has 2 aromatic carbocycles. The molecule has 3 aliphatic heterocycles. The van der Waals surface area contributed by atoms with Gasteiger partial charge in [-0.2, -0.15) is 0 Å². The molecule has 9 nitrogen and oxygen atoms in total. The van der Waals surface area contributed by atoms with Crippen molar-refractivity contribution < 1.29 is 14.3 Å². The summed E-state index contributed by atoms with van der Waals surface area (Å²) in [6, 6.07) is 11.3. The van der Waals surface area contributed by atoms with Crippen molar-refractivity contribution in [3.8, 4) is 17.2 Å². The quantitative estimate of drug-likeness (QED) is 0.458. The van der Waals surface area contributed by atoms with E-state index in [0.29, 0.717) is 61.0 Å². The third-order valence-electron chi connectivity index (χ3n) is 7.46. The number of anilines is 1. The Labute approximate surface area is 208 Å². The molecule has 6 rings (SSSR count). The molecule has 4 heterocycles. The molecule has 1 aromatic heterocycles. The number of hydrogen-bond acceptors (Lipinski definition) is 6. The van der Waals surface area contributed by atoms with Gasteiger partial charge in [-0.05, 0) is 49.7 Å². The van der Waals surface area contributed by atoms with Crippen LogP contribution in [0.4, 0.5) is 5.69 Å². The molecule has 3 aromatic rings. The highest BCUT2D eigenvalue weighted by Gasteiger charge is 2.29. The molecule has 0 spiro atoms. The van der Waals surface area contributed by atoms with Crippen molar-refractivity contribution in [2.75, 3.05) is 50.7 Å². The monoisotopic (exact) mass is 487 g/mol. The van der Waals surface area contributed by atoms with Crippen molar-refractivity contribution in [1.29, 1.82) is 0 Å². The Morgan fingerprint density at radius 3 is 2.64 bits per heavy atom. The topological polar surface area (TPSA) is 95.9 Å². The number of benzene rings is 2. The van der Waals surface area contributed by atoms with Gasteiger partial charge in [0, 0.05) is 45.8 Å². The van der Waals surface area contributed by atoms with E-state index in [4.69, 9.17) is 4.74 Å². The van der Waals surface area contributed by atoms with Gasteiger partial charge in [0.05, 0.1) is 16.8 Å². The zero-order chi connectivity index (χ0) is 24.8. The van der Waals surface area contributed by atoms with E-state index >= 15 is 0 Å². The van der Waals surface area contributed by atoms with Crippen molar-refractivity contribution in [1.82, 2.24) is 20.1 Å². The number of pyridine rings is 1. The zero-order valence-corrected chi connectivity index (χ0v) is 20.3. The second kappa shape index (κ2) is 8.98. The van der Waals surface area contributed by atoms with Crippen LogP contribution in [0.15, 0.2) is 47.4 Å². The first-order chi connectivity index (χ1) is 17.5. The third-order valence-corrected chi connectivity index (χ3v) is 7.46. The Balaban J connectivity index is 1.43. The summed E-state index contributed by atoms with van der Waals surface area (Å²) in [5, 5.41) is 6.71. The Morgan fingerprint density at radius 1 is 1.08 bits per heavy atom. The summed E-state index contributed by atoms with van der Waals surface area (Å²) >= 11 is 0. The van der Waals surface area contributed by atoms with Crippen LogP contribution in [0.25, 0.3) is 16.6 Å². The molecule has 186 valence electrons. The summed E-state index contributed by atoms with van der Waals surface area (Å²) in [6.07, 6.45) is 2.66. The summed E-state index contributed by atoms with van der Waals surface area (Å²) in [5.74, 6) is 1.36. The van der Waals surface area contributed by atoms with Gasteiger partial charge in [-0.15, -0.1) is 0 Å². The molecule has 2 N–H and O–H groups in total. The maximum Gasteiger partial charge on any atom is 0.256 e. The minimum Gasteiger partial charge on any atom is -0.451 e. The van der Waals surface area contributed by atoms with Crippen LogP contribution in [0.3, 0.4) is 0 Å². The number of para-hydroxylation sites is 2. The molecule has 2 amide bonds. The van der Waals surface area contributed by atoms with E-state index in [0.717, 1.165) is 30.9 Å². The summed E-state index contributed by atoms with van der Waals surface area (Å²) < 4.78 is 8.30.